The van der Waals surface area contributed by atoms with Crippen molar-refractivity contribution in [3.05, 3.63) is 96.8 Å². The zero-order valence-electron chi connectivity index (χ0n) is 39.3. The van der Waals surface area contributed by atoms with Gasteiger partial charge in [0, 0.05) is 32.7 Å². The number of rotatable bonds is 13. The fourth-order valence-electron chi connectivity index (χ4n) is 9.42. The number of carbonyl (C=O) groups excluding carboxylic acids is 1. The van der Waals surface area contributed by atoms with Crippen LogP contribution >= 0.6 is 23.2 Å². The van der Waals surface area contributed by atoms with Gasteiger partial charge in [-0.05, 0) is 125 Å². The van der Waals surface area contributed by atoms with Crippen LogP contribution < -0.4 is 20.4 Å². The number of ether oxygens (including phenoxy) is 1. The lowest BCUT2D eigenvalue weighted by molar-refractivity contribution is 0.0636. The van der Waals surface area contributed by atoms with E-state index in [2.05, 4.69) is 77.4 Å². The Morgan fingerprint density at radius 2 is 1.13 bits per heavy atom. The number of anilines is 4. The summed E-state index contributed by atoms with van der Waals surface area (Å²) in [6, 6.07) is 7.44. The minimum Gasteiger partial charge on any atom is -0.444 e. The SMILES string of the molecule is CC(C)(C)OC(=O)Nc1ccc(-n2cncn2)nc1.CCCC1CC1C1CCN(c2ncc(Cl)cn2)CC1.Clc1cnc(N2CCC(C3CC3CCNc3ccc(-n4cncn4)nc3)CC2)nc1. The molecule has 18 nitrogen and oxygen atoms in total. The molecule has 2 aliphatic carbocycles. The second kappa shape index (κ2) is 22.9. The molecule has 8 heterocycles. The van der Waals surface area contributed by atoms with Crippen LogP contribution in [0.3, 0.4) is 0 Å². The van der Waals surface area contributed by atoms with Crippen molar-refractivity contribution < 1.29 is 9.53 Å². The fourth-order valence-corrected chi connectivity index (χ4v) is 9.62. The molecule has 68 heavy (non-hydrogen) atoms. The maximum Gasteiger partial charge on any atom is 0.412 e. The Labute approximate surface area is 408 Å². The van der Waals surface area contributed by atoms with Crippen LogP contribution in [-0.2, 0) is 4.74 Å². The molecule has 4 aliphatic rings. The van der Waals surface area contributed by atoms with Crippen molar-refractivity contribution in [1.29, 1.82) is 0 Å². The van der Waals surface area contributed by atoms with Crippen LogP contribution in [0.15, 0.2) is 86.8 Å². The average molecular weight is 966 g/mol. The van der Waals surface area contributed by atoms with E-state index in [9.17, 15) is 4.79 Å². The van der Waals surface area contributed by atoms with Crippen molar-refractivity contribution in [2.45, 2.75) is 91.1 Å². The van der Waals surface area contributed by atoms with Gasteiger partial charge < -0.3 is 19.9 Å². The number of halogens is 2. The van der Waals surface area contributed by atoms with Crippen LogP contribution in [0.2, 0.25) is 10.0 Å². The molecule has 0 aromatic carbocycles. The van der Waals surface area contributed by atoms with E-state index in [1.807, 2.05) is 18.3 Å². The van der Waals surface area contributed by atoms with Crippen LogP contribution in [0.1, 0.15) is 85.5 Å². The minimum absolute atomic E-state index is 0.511. The number of nitrogens with zero attached hydrogens (tertiary/aromatic N) is 14. The highest BCUT2D eigenvalue weighted by Gasteiger charge is 2.44. The molecule has 10 rings (SSSR count). The standard InChI is InChI=1S/C21H25ClN8.C15H22ClN3.C12H15N5O2/c22-17-10-26-21(27-11-17)29-7-4-15(5-8-29)19-9-16(19)3-6-24-18-1-2-20(25-12-18)30-14-23-13-28-30;1-2-3-12-8-14(12)11-4-6-19(7-5-11)15-17-9-13(16)10-18-15;1-12(2,3)19-11(18)16-9-4-5-10(14-6-9)17-8-13-7-15-17/h1-2,10-16,19,24H,3-9H2;9-12,14H,2-8H2,1H3;4-8H,1-3H3,(H,16,18). The van der Waals surface area contributed by atoms with E-state index in [1.165, 1.54) is 81.3 Å². The molecule has 20 heteroatoms. The molecule has 2 saturated carbocycles. The number of hydrogen-bond donors (Lipinski definition) is 2. The molecule has 0 bridgehead atoms. The van der Waals surface area contributed by atoms with Gasteiger partial charge in [0.15, 0.2) is 11.6 Å². The molecule has 360 valence electrons. The number of amides is 1. The van der Waals surface area contributed by atoms with E-state index < -0.39 is 11.7 Å². The summed E-state index contributed by atoms with van der Waals surface area (Å²) in [7, 11) is 0. The van der Waals surface area contributed by atoms with Crippen molar-refractivity contribution in [2.24, 2.45) is 35.5 Å². The Kier molecular flexibility index (Phi) is 16.3. The number of aromatic nitrogens is 12. The Morgan fingerprint density at radius 1 is 0.662 bits per heavy atom. The highest BCUT2D eigenvalue weighted by atomic mass is 35.5. The van der Waals surface area contributed by atoms with Gasteiger partial charge >= 0.3 is 6.09 Å². The summed E-state index contributed by atoms with van der Waals surface area (Å²) in [6.45, 7) is 13.0. The van der Waals surface area contributed by atoms with Crippen molar-refractivity contribution in [1.82, 2.24) is 59.4 Å². The predicted molar refractivity (Wildman–Crippen MR) is 263 cm³/mol. The maximum atomic E-state index is 11.6. The van der Waals surface area contributed by atoms with E-state index in [0.717, 1.165) is 91.6 Å². The van der Waals surface area contributed by atoms with Crippen molar-refractivity contribution >= 4 is 52.6 Å². The molecule has 2 aliphatic heterocycles. The molecule has 6 aromatic heterocycles. The van der Waals surface area contributed by atoms with E-state index >= 15 is 0 Å². The number of pyridine rings is 2. The topological polar surface area (TPSA) is 196 Å². The van der Waals surface area contributed by atoms with Crippen molar-refractivity contribution in [3.63, 3.8) is 0 Å². The lowest BCUT2D eigenvalue weighted by atomic mass is 9.90. The normalized spacial score (nSPS) is 20.3. The summed E-state index contributed by atoms with van der Waals surface area (Å²) in [5, 5.41) is 15.4. The summed E-state index contributed by atoms with van der Waals surface area (Å²) < 4.78 is 8.32. The molecule has 4 fully saturated rings. The van der Waals surface area contributed by atoms with Gasteiger partial charge in [-0.15, -0.1) is 0 Å². The highest BCUT2D eigenvalue weighted by molar-refractivity contribution is 6.30. The van der Waals surface area contributed by atoms with Crippen LogP contribution in [-0.4, -0.2) is 104 Å². The van der Waals surface area contributed by atoms with E-state index in [-0.39, 0.29) is 0 Å². The van der Waals surface area contributed by atoms with Gasteiger partial charge in [0.05, 0.1) is 58.6 Å². The summed E-state index contributed by atoms with van der Waals surface area (Å²) >= 11 is 11.7. The largest absolute Gasteiger partial charge is 0.444 e. The number of nitrogens with one attached hydrogen (secondary N) is 2. The lowest BCUT2D eigenvalue weighted by Crippen LogP contribution is -2.35. The van der Waals surface area contributed by atoms with Gasteiger partial charge in [-0.25, -0.2) is 54.0 Å². The zero-order valence-corrected chi connectivity index (χ0v) is 40.8. The molecule has 4 atom stereocenters. The number of piperidine rings is 2. The first-order valence-electron chi connectivity index (χ1n) is 23.8. The van der Waals surface area contributed by atoms with Gasteiger partial charge in [0.1, 0.15) is 30.9 Å². The summed E-state index contributed by atoms with van der Waals surface area (Å²) in [6.07, 6.45) is 27.7. The van der Waals surface area contributed by atoms with E-state index in [1.54, 1.807) is 75.0 Å². The quantitative estimate of drug-likeness (QED) is 0.111. The minimum atomic E-state index is -0.530. The van der Waals surface area contributed by atoms with Crippen LogP contribution in [0.5, 0.6) is 0 Å². The molecule has 2 N–H and O–H groups in total. The molecule has 4 unspecified atom stereocenters. The van der Waals surface area contributed by atoms with Crippen molar-refractivity contribution in [2.75, 3.05) is 53.2 Å². The number of hydrogen-bond acceptors (Lipinski definition) is 15. The molecular weight excluding hydrogens is 904 g/mol. The first-order chi connectivity index (χ1) is 33.0. The zero-order chi connectivity index (χ0) is 47.5. The van der Waals surface area contributed by atoms with Crippen LogP contribution in [0.25, 0.3) is 11.6 Å². The Morgan fingerprint density at radius 3 is 1.54 bits per heavy atom. The second-order valence-corrected chi connectivity index (χ2v) is 19.9. The summed E-state index contributed by atoms with van der Waals surface area (Å²) in [5.41, 5.74) is 1.07. The Hall–Kier alpha value is -6.01. The van der Waals surface area contributed by atoms with Gasteiger partial charge in [0.2, 0.25) is 11.9 Å². The predicted octanol–water partition coefficient (Wildman–Crippen LogP) is 9.25. The second-order valence-electron chi connectivity index (χ2n) is 19.0. The van der Waals surface area contributed by atoms with Crippen LogP contribution in [0, 0.1) is 35.5 Å². The third-order valence-corrected chi connectivity index (χ3v) is 13.4. The third kappa shape index (κ3) is 14.0. The van der Waals surface area contributed by atoms with E-state index in [4.69, 9.17) is 27.9 Å². The smallest absolute Gasteiger partial charge is 0.412 e. The Balaban J connectivity index is 0.000000144. The summed E-state index contributed by atoms with van der Waals surface area (Å²) in [4.78, 5) is 49.8. The van der Waals surface area contributed by atoms with Gasteiger partial charge in [-0.3, -0.25) is 5.32 Å². The van der Waals surface area contributed by atoms with E-state index in [0.29, 0.717) is 21.6 Å². The first-order valence-corrected chi connectivity index (χ1v) is 24.5. The van der Waals surface area contributed by atoms with Crippen LogP contribution in [0.4, 0.5) is 28.1 Å². The van der Waals surface area contributed by atoms with Gasteiger partial charge in [-0.1, -0.05) is 43.0 Å². The Bertz CT molecular complexity index is 2420. The molecule has 0 spiro atoms. The molecular formula is C48H62Cl2N16O2. The highest BCUT2D eigenvalue weighted by Crippen LogP contribution is 2.51. The molecule has 1 amide bonds. The van der Waals surface area contributed by atoms with Crippen molar-refractivity contribution in [3.8, 4) is 11.6 Å². The maximum absolute atomic E-state index is 11.6. The number of carbonyl (C=O) groups is 1. The lowest BCUT2D eigenvalue weighted by Gasteiger charge is -2.32. The van der Waals surface area contributed by atoms with Gasteiger partial charge in [0.25, 0.3) is 0 Å². The molecule has 2 saturated heterocycles. The fraction of sp³-hybridized carbons (Fsp3) is 0.521. The summed E-state index contributed by atoms with van der Waals surface area (Å²) in [5.74, 6) is 8.60. The van der Waals surface area contributed by atoms with Gasteiger partial charge in [-0.2, -0.15) is 10.2 Å². The molecule has 6 aromatic rings. The average Bonchev–Trinajstić information content (AvgIpc) is 4.12. The first kappa shape index (κ1) is 48.4. The third-order valence-electron chi connectivity index (χ3n) is 13.0. The molecule has 0 radical (unpaired) electrons. The monoisotopic (exact) mass is 964 g/mol.